The van der Waals surface area contributed by atoms with Crippen LogP contribution in [0.15, 0.2) is 72.8 Å². The minimum Gasteiger partial charge on any atom is -0.299 e. The van der Waals surface area contributed by atoms with Gasteiger partial charge >= 0.3 is 0 Å². The highest BCUT2D eigenvalue weighted by molar-refractivity contribution is 7.90. The topological polar surface area (TPSA) is 42.3 Å². The van der Waals surface area contributed by atoms with Gasteiger partial charge in [0.15, 0.2) is 0 Å². The Balaban J connectivity index is 1.83. The van der Waals surface area contributed by atoms with Crippen molar-refractivity contribution in [3.05, 3.63) is 84.6 Å². The summed E-state index contributed by atoms with van der Waals surface area (Å²) < 4.78 is 28.2. The van der Waals surface area contributed by atoms with Crippen LogP contribution >= 0.6 is 0 Å². The lowest BCUT2D eigenvalue weighted by atomic mass is 9.85. The highest BCUT2D eigenvalue weighted by Crippen LogP contribution is 2.39. The van der Waals surface area contributed by atoms with Crippen LogP contribution in [0.3, 0.4) is 0 Å². The molecule has 1 aliphatic rings. The van der Waals surface area contributed by atoms with Crippen LogP contribution in [0.1, 0.15) is 23.1 Å². The largest absolute Gasteiger partial charge is 0.299 e. The maximum Gasteiger partial charge on any atom is 0.268 e. The van der Waals surface area contributed by atoms with Gasteiger partial charge in [-0.1, -0.05) is 42.5 Å². The lowest BCUT2D eigenvalue weighted by Crippen LogP contribution is -2.36. The monoisotopic (exact) mass is 406 g/mol. The number of aryl methyl sites for hydroxylation is 1. The van der Waals surface area contributed by atoms with E-state index in [2.05, 4.69) is 25.1 Å². The molecule has 150 valence electrons. The molecule has 0 amide bonds. The van der Waals surface area contributed by atoms with Crippen molar-refractivity contribution < 1.29 is 8.42 Å². The number of benzene rings is 2. The van der Waals surface area contributed by atoms with Crippen molar-refractivity contribution in [1.29, 1.82) is 0 Å². The fraction of sp³-hybridized carbons (Fsp3) is 0.250. The third-order valence-corrected chi connectivity index (χ3v) is 7.52. The molecule has 0 fully saturated rings. The molecule has 0 bridgehead atoms. The molecule has 4 rings (SSSR count). The Morgan fingerprint density at radius 3 is 2.62 bits per heavy atom. The number of aromatic nitrogens is 1. The Morgan fingerprint density at radius 2 is 1.93 bits per heavy atom. The average Bonchev–Trinajstić information content (AvgIpc) is 3.09. The van der Waals surface area contributed by atoms with Crippen molar-refractivity contribution in [2.75, 3.05) is 13.6 Å². The van der Waals surface area contributed by atoms with Crippen molar-refractivity contribution in [3.8, 4) is 0 Å². The Hall–Kier alpha value is -2.63. The van der Waals surface area contributed by atoms with Gasteiger partial charge in [0.05, 0.1) is 10.4 Å². The van der Waals surface area contributed by atoms with E-state index in [1.807, 2.05) is 43.3 Å². The molecule has 5 heteroatoms. The predicted molar refractivity (Wildman–Crippen MR) is 120 cm³/mol. The normalized spacial score (nSPS) is 16.5. The van der Waals surface area contributed by atoms with Crippen LogP contribution in [0.2, 0.25) is 0 Å². The van der Waals surface area contributed by atoms with Gasteiger partial charge in [-0.15, -0.1) is 6.58 Å². The molecule has 1 heterocycles. The van der Waals surface area contributed by atoms with Crippen LogP contribution < -0.4 is 0 Å². The first kappa shape index (κ1) is 19.7. The minimum atomic E-state index is -3.67. The fourth-order valence-electron chi connectivity index (χ4n) is 4.17. The molecular formula is C24H26N2O2S. The number of nitrogens with zero attached hydrogens (tertiary/aromatic N) is 2. The smallest absolute Gasteiger partial charge is 0.268 e. The molecule has 0 saturated heterocycles. The van der Waals surface area contributed by atoms with Crippen molar-refractivity contribution in [2.45, 2.75) is 30.7 Å². The zero-order valence-electron chi connectivity index (χ0n) is 16.9. The summed E-state index contributed by atoms with van der Waals surface area (Å²) in [4.78, 5) is 2.58. The minimum absolute atomic E-state index is 0.144. The van der Waals surface area contributed by atoms with E-state index in [9.17, 15) is 8.42 Å². The molecular weight excluding hydrogens is 380 g/mol. The second kappa shape index (κ2) is 7.32. The Bertz CT molecular complexity index is 1200. The zero-order chi connectivity index (χ0) is 20.8. The van der Waals surface area contributed by atoms with E-state index in [0.29, 0.717) is 10.4 Å². The van der Waals surface area contributed by atoms with Crippen molar-refractivity contribution in [2.24, 2.45) is 0 Å². The van der Waals surface area contributed by atoms with Crippen molar-refractivity contribution in [1.82, 2.24) is 8.87 Å². The van der Waals surface area contributed by atoms with E-state index < -0.39 is 10.0 Å². The molecule has 29 heavy (non-hydrogen) atoms. The molecule has 1 aliphatic carbocycles. The highest BCUT2D eigenvalue weighted by Gasteiger charge is 2.31. The van der Waals surface area contributed by atoms with Gasteiger partial charge in [-0.25, -0.2) is 12.4 Å². The average molecular weight is 407 g/mol. The molecule has 0 spiro atoms. The quantitative estimate of drug-likeness (QED) is 0.561. The molecule has 1 unspecified atom stereocenters. The van der Waals surface area contributed by atoms with E-state index in [1.165, 1.54) is 3.97 Å². The lowest BCUT2D eigenvalue weighted by molar-refractivity contribution is 0.292. The summed E-state index contributed by atoms with van der Waals surface area (Å²) in [6, 6.07) is 13.0. The molecule has 0 saturated carbocycles. The van der Waals surface area contributed by atoms with Gasteiger partial charge in [-0.05, 0) is 61.7 Å². The number of hydrogen-bond acceptors (Lipinski definition) is 3. The summed E-state index contributed by atoms with van der Waals surface area (Å²) in [5.41, 5.74) is 4.88. The zero-order valence-corrected chi connectivity index (χ0v) is 17.7. The Kier molecular flexibility index (Phi) is 4.97. The van der Waals surface area contributed by atoms with Crippen LogP contribution in [0, 0.1) is 6.92 Å². The third kappa shape index (κ3) is 3.24. The van der Waals surface area contributed by atoms with Gasteiger partial charge in [0.1, 0.15) is 0 Å². The number of rotatable bonds is 6. The van der Waals surface area contributed by atoms with E-state index in [1.54, 1.807) is 18.3 Å². The van der Waals surface area contributed by atoms with Crippen LogP contribution in [-0.2, 0) is 16.4 Å². The number of hydrogen-bond donors (Lipinski definition) is 0. The van der Waals surface area contributed by atoms with Crippen LogP contribution in [0.5, 0.6) is 0 Å². The Morgan fingerprint density at radius 1 is 1.21 bits per heavy atom. The molecule has 0 radical (unpaired) electrons. The molecule has 2 aromatic carbocycles. The van der Waals surface area contributed by atoms with E-state index in [-0.39, 0.29) is 6.04 Å². The SMILES string of the molecule is C=CCCN(C)C1Cc2cn(S(=O)(=O)c3ccc(C)cc3)c3cccc(c23)C1=C. The summed E-state index contributed by atoms with van der Waals surface area (Å²) in [5, 5.41) is 1.00. The molecule has 1 aromatic heterocycles. The van der Waals surface area contributed by atoms with Gasteiger partial charge < -0.3 is 0 Å². The number of likely N-dealkylation sites (N-methyl/N-ethyl adjacent to an activating group) is 1. The molecule has 1 atom stereocenters. The molecule has 4 nitrogen and oxygen atoms in total. The van der Waals surface area contributed by atoms with Crippen molar-refractivity contribution >= 4 is 26.5 Å². The first-order chi connectivity index (χ1) is 13.8. The predicted octanol–water partition coefficient (Wildman–Crippen LogP) is 4.63. The molecule has 0 aliphatic heterocycles. The van der Waals surface area contributed by atoms with E-state index >= 15 is 0 Å². The van der Waals surface area contributed by atoms with Gasteiger partial charge in [0, 0.05) is 24.2 Å². The summed E-state index contributed by atoms with van der Waals surface area (Å²) in [6.07, 6.45) is 5.36. The van der Waals surface area contributed by atoms with Crippen LogP contribution in [-0.4, -0.2) is 36.9 Å². The maximum absolute atomic E-state index is 13.4. The summed E-state index contributed by atoms with van der Waals surface area (Å²) in [7, 11) is -1.58. The first-order valence-electron chi connectivity index (χ1n) is 9.80. The summed E-state index contributed by atoms with van der Waals surface area (Å²) >= 11 is 0. The molecule has 0 N–H and O–H groups in total. The second-order valence-corrected chi connectivity index (χ2v) is 9.59. The van der Waals surface area contributed by atoms with E-state index in [0.717, 1.165) is 47.0 Å². The van der Waals surface area contributed by atoms with Crippen molar-refractivity contribution in [3.63, 3.8) is 0 Å². The van der Waals surface area contributed by atoms with Crippen LogP contribution in [0.4, 0.5) is 0 Å². The summed E-state index contributed by atoms with van der Waals surface area (Å²) in [6.45, 7) is 11.0. The van der Waals surface area contributed by atoms with E-state index in [4.69, 9.17) is 0 Å². The lowest BCUT2D eigenvalue weighted by Gasteiger charge is -2.33. The third-order valence-electron chi connectivity index (χ3n) is 5.83. The fourth-order valence-corrected chi connectivity index (χ4v) is 5.55. The van der Waals surface area contributed by atoms with Crippen LogP contribution in [0.25, 0.3) is 16.5 Å². The van der Waals surface area contributed by atoms with Gasteiger partial charge in [-0.3, -0.25) is 4.90 Å². The highest BCUT2D eigenvalue weighted by atomic mass is 32.2. The standard InChI is InChI=1S/C24H26N2O2S/c1-5-6-14-25(4)23-15-19-16-26(22-9-7-8-21(18(23)3)24(19)22)29(27,28)20-12-10-17(2)11-13-20/h5,7-13,16,23H,1,3,6,14-15H2,2,4H3. The maximum atomic E-state index is 13.4. The van der Waals surface area contributed by atoms with Gasteiger partial charge in [0.2, 0.25) is 0 Å². The summed E-state index contributed by atoms with van der Waals surface area (Å²) in [5.74, 6) is 0. The Labute approximate surface area is 172 Å². The van der Waals surface area contributed by atoms with Gasteiger partial charge in [-0.2, -0.15) is 0 Å². The first-order valence-corrected chi connectivity index (χ1v) is 11.2. The van der Waals surface area contributed by atoms with Gasteiger partial charge in [0.25, 0.3) is 10.0 Å². The second-order valence-electron chi connectivity index (χ2n) is 7.77. The molecule has 3 aromatic rings.